The number of nitrogens with zero attached hydrogens (tertiary/aromatic N) is 2. The van der Waals surface area contributed by atoms with E-state index in [0.29, 0.717) is 31.3 Å². The van der Waals surface area contributed by atoms with E-state index >= 15 is 0 Å². The Morgan fingerprint density at radius 3 is 2.50 bits per heavy atom. The fourth-order valence-corrected chi connectivity index (χ4v) is 3.82. The van der Waals surface area contributed by atoms with Crippen LogP contribution in [0.25, 0.3) is 0 Å². The largest absolute Gasteiger partial charge is 0.390 e. The number of aliphatic hydroxyl groups excluding tert-OH is 1. The van der Waals surface area contributed by atoms with Crippen molar-refractivity contribution in [3.8, 4) is 6.07 Å². The van der Waals surface area contributed by atoms with E-state index < -0.39 is 6.10 Å². The number of carbonyl (C=O) groups excluding carboxylic acids is 1. The smallest absolute Gasteiger partial charge is 0.317 e. The van der Waals surface area contributed by atoms with Crippen LogP contribution in [0.4, 0.5) is 4.79 Å². The normalized spacial score (nSPS) is 16.7. The minimum absolute atomic E-state index is 0. The molecule has 0 radical (unpaired) electrons. The highest BCUT2D eigenvalue weighted by molar-refractivity contribution is 5.85. The lowest BCUT2D eigenvalue weighted by Gasteiger charge is -2.31. The maximum Gasteiger partial charge on any atom is 0.317 e. The summed E-state index contributed by atoms with van der Waals surface area (Å²) in [4.78, 5) is 14.2. The molecule has 6 nitrogen and oxygen atoms in total. The molecule has 0 aromatic rings. The van der Waals surface area contributed by atoms with E-state index in [-0.39, 0.29) is 31.0 Å². The van der Waals surface area contributed by atoms with Crippen molar-refractivity contribution in [3.05, 3.63) is 0 Å². The fourth-order valence-electron chi connectivity index (χ4n) is 3.82. The van der Waals surface area contributed by atoms with Crippen LogP contribution >= 0.6 is 12.4 Å². The number of hydrogen-bond donors (Lipinski definition) is 3. The number of nitriles is 1. The molecule has 1 rings (SSSR count). The number of unbranched alkanes of at least 4 members (excludes halogenated alkanes) is 3. The summed E-state index contributed by atoms with van der Waals surface area (Å²) in [5.74, 6) is 0.942. The lowest BCUT2D eigenvalue weighted by Crippen LogP contribution is -2.50. The number of hydrogen-bond acceptors (Lipinski definition) is 4. The third kappa shape index (κ3) is 11.7. The maximum absolute atomic E-state index is 12.5. The Labute approximate surface area is 177 Å². The summed E-state index contributed by atoms with van der Waals surface area (Å²) in [7, 11) is 0. The molecular formula is C21H41ClN4O2. The van der Waals surface area contributed by atoms with E-state index in [0.717, 1.165) is 25.7 Å². The van der Waals surface area contributed by atoms with Crippen molar-refractivity contribution in [2.24, 2.45) is 17.6 Å². The van der Waals surface area contributed by atoms with Crippen LogP contribution in [0, 0.1) is 23.2 Å². The Morgan fingerprint density at radius 2 is 1.89 bits per heavy atom. The van der Waals surface area contributed by atoms with Crippen LogP contribution in [0.2, 0.25) is 0 Å². The summed E-state index contributed by atoms with van der Waals surface area (Å²) in [6.07, 6.45) is 9.67. The second-order valence-electron chi connectivity index (χ2n) is 8.47. The van der Waals surface area contributed by atoms with Gasteiger partial charge in [-0.15, -0.1) is 12.4 Å². The van der Waals surface area contributed by atoms with Gasteiger partial charge in [0.05, 0.1) is 12.2 Å². The zero-order valence-electron chi connectivity index (χ0n) is 17.7. The number of amides is 2. The molecule has 1 aliphatic rings. The van der Waals surface area contributed by atoms with Crippen molar-refractivity contribution < 1.29 is 9.90 Å². The van der Waals surface area contributed by atoms with Crippen LogP contribution in [-0.4, -0.2) is 47.8 Å². The molecule has 0 spiro atoms. The third-order valence-electron chi connectivity index (χ3n) is 5.35. The molecule has 2 amide bonds. The number of urea groups is 1. The molecule has 0 saturated heterocycles. The van der Waals surface area contributed by atoms with Crippen molar-refractivity contribution in [1.29, 1.82) is 5.26 Å². The maximum atomic E-state index is 12.5. The van der Waals surface area contributed by atoms with Crippen molar-refractivity contribution in [2.45, 2.75) is 90.2 Å². The summed E-state index contributed by atoms with van der Waals surface area (Å²) < 4.78 is 0. The van der Waals surface area contributed by atoms with Gasteiger partial charge in [-0.25, -0.2) is 4.79 Å². The van der Waals surface area contributed by atoms with Gasteiger partial charge < -0.3 is 21.1 Å². The Morgan fingerprint density at radius 1 is 1.21 bits per heavy atom. The van der Waals surface area contributed by atoms with E-state index in [2.05, 4.69) is 25.2 Å². The minimum Gasteiger partial charge on any atom is -0.390 e. The Hall–Kier alpha value is -1.03. The van der Waals surface area contributed by atoms with Gasteiger partial charge in [0.2, 0.25) is 0 Å². The van der Waals surface area contributed by atoms with Gasteiger partial charge >= 0.3 is 6.03 Å². The van der Waals surface area contributed by atoms with E-state index in [1.165, 1.54) is 32.1 Å². The first-order chi connectivity index (χ1) is 12.9. The number of halogens is 1. The SMILES string of the molecule is CC(C)CN(C[C@@H](O)[C@@H](N)CC1CCCCC1)C(=O)NCCCCCC#N.Cl. The Bertz CT molecular complexity index is 450. The van der Waals surface area contributed by atoms with Crippen LogP contribution in [0.5, 0.6) is 0 Å². The van der Waals surface area contributed by atoms with Crippen LogP contribution in [0.1, 0.15) is 78.1 Å². The molecule has 2 atom stereocenters. The first kappa shape index (κ1) is 27.0. The highest BCUT2D eigenvalue weighted by Gasteiger charge is 2.25. The third-order valence-corrected chi connectivity index (χ3v) is 5.35. The molecule has 0 aromatic carbocycles. The molecule has 1 fully saturated rings. The zero-order chi connectivity index (χ0) is 20.1. The van der Waals surface area contributed by atoms with Gasteiger partial charge in [0.15, 0.2) is 0 Å². The summed E-state index contributed by atoms with van der Waals surface area (Å²) >= 11 is 0. The van der Waals surface area contributed by atoms with Crippen molar-refractivity contribution in [2.75, 3.05) is 19.6 Å². The number of aliphatic hydroxyl groups is 1. The van der Waals surface area contributed by atoms with Crippen LogP contribution in [-0.2, 0) is 0 Å². The van der Waals surface area contributed by atoms with E-state index in [1.54, 1.807) is 4.90 Å². The summed E-state index contributed by atoms with van der Waals surface area (Å²) in [6.45, 7) is 5.62. The molecule has 7 heteroatoms. The first-order valence-electron chi connectivity index (χ1n) is 10.8. The second-order valence-corrected chi connectivity index (χ2v) is 8.47. The van der Waals surface area contributed by atoms with Gasteiger partial charge in [-0.05, 0) is 31.1 Å². The lowest BCUT2D eigenvalue weighted by atomic mass is 9.84. The molecule has 0 heterocycles. The van der Waals surface area contributed by atoms with Crippen molar-refractivity contribution in [3.63, 3.8) is 0 Å². The van der Waals surface area contributed by atoms with Gasteiger partial charge in [-0.3, -0.25) is 0 Å². The molecule has 1 saturated carbocycles. The van der Waals surface area contributed by atoms with Crippen LogP contribution in [0.3, 0.4) is 0 Å². The van der Waals surface area contributed by atoms with Gasteiger partial charge in [-0.2, -0.15) is 5.26 Å². The zero-order valence-corrected chi connectivity index (χ0v) is 18.6. The number of nitrogens with two attached hydrogens (primary N) is 1. The Kier molecular flexibility index (Phi) is 15.3. The van der Waals surface area contributed by atoms with Crippen LogP contribution in [0.15, 0.2) is 0 Å². The van der Waals surface area contributed by atoms with Gasteiger partial charge in [0, 0.05) is 32.1 Å². The lowest BCUT2D eigenvalue weighted by molar-refractivity contribution is 0.0858. The van der Waals surface area contributed by atoms with Crippen molar-refractivity contribution >= 4 is 18.4 Å². The molecule has 28 heavy (non-hydrogen) atoms. The van der Waals surface area contributed by atoms with E-state index in [1.807, 2.05) is 0 Å². The highest BCUT2D eigenvalue weighted by atomic mass is 35.5. The minimum atomic E-state index is -0.688. The summed E-state index contributed by atoms with van der Waals surface area (Å²) in [6, 6.07) is 1.73. The molecule has 164 valence electrons. The topological polar surface area (TPSA) is 102 Å². The fraction of sp³-hybridized carbons (Fsp3) is 0.905. The molecular weight excluding hydrogens is 376 g/mol. The number of carbonyl (C=O) groups is 1. The predicted octanol–water partition coefficient (Wildman–Crippen LogP) is 3.82. The average Bonchev–Trinajstić information content (AvgIpc) is 2.64. The number of rotatable bonds is 12. The molecule has 1 aliphatic carbocycles. The summed E-state index contributed by atoms with van der Waals surface area (Å²) in [5, 5.41) is 22.1. The van der Waals surface area contributed by atoms with Gasteiger partial charge in [-0.1, -0.05) is 52.4 Å². The highest BCUT2D eigenvalue weighted by Crippen LogP contribution is 2.27. The monoisotopic (exact) mass is 416 g/mol. The Balaban J connectivity index is 0.00000729. The second kappa shape index (κ2) is 15.8. The number of nitrogens with one attached hydrogen (secondary N) is 1. The van der Waals surface area contributed by atoms with Crippen molar-refractivity contribution in [1.82, 2.24) is 10.2 Å². The summed E-state index contributed by atoms with van der Waals surface area (Å²) in [5.41, 5.74) is 6.26. The molecule has 0 aromatic heterocycles. The van der Waals surface area contributed by atoms with Crippen LogP contribution < -0.4 is 11.1 Å². The molecule has 0 bridgehead atoms. The van der Waals surface area contributed by atoms with Gasteiger partial charge in [0.1, 0.15) is 0 Å². The first-order valence-corrected chi connectivity index (χ1v) is 10.8. The van der Waals surface area contributed by atoms with E-state index in [9.17, 15) is 9.90 Å². The molecule has 0 aliphatic heterocycles. The molecule has 0 unspecified atom stereocenters. The molecule has 4 N–H and O–H groups in total. The predicted molar refractivity (Wildman–Crippen MR) is 116 cm³/mol. The quantitative estimate of drug-likeness (QED) is 0.421. The average molecular weight is 417 g/mol. The van der Waals surface area contributed by atoms with E-state index in [4.69, 9.17) is 11.0 Å². The van der Waals surface area contributed by atoms with Gasteiger partial charge in [0.25, 0.3) is 0 Å². The standard InChI is InChI=1S/C21H40N4O2.ClH/c1-17(2)15-25(21(27)24-13-9-4-3-8-12-22)16-20(26)19(23)14-18-10-6-5-7-11-18;/h17-20,26H,3-11,13-16,23H2,1-2H3,(H,24,27);1H/t19-,20+;/m0./s1.